The minimum absolute atomic E-state index is 0.217. The van der Waals surface area contributed by atoms with Gasteiger partial charge in [0.1, 0.15) is 16.9 Å². The first-order chi connectivity index (χ1) is 11.1. The Hall–Kier alpha value is -2.87. The fourth-order valence-corrected chi connectivity index (χ4v) is 2.48. The quantitative estimate of drug-likeness (QED) is 0.743. The standard InChI is InChI=1S/C15H10FN3O3S/c16-10-5-2-1-4-9(10)15(21)22-8-13(20)17-11-6-3-7-12-14(11)19-23-18-12/h1-7H,8H2,(H,17,20). The van der Waals surface area contributed by atoms with Gasteiger partial charge < -0.3 is 10.1 Å². The number of hydrogen-bond donors (Lipinski definition) is 1. The molecule has 0 bridgehead atoms. The maximum Gasteiger partial charge on any atom is 0.341 e. The Balaban J connectivity index is 1.63. The summed E-state index contributed by atoms with van der Waals surface area (Å²) in [6.07, 6.45) is 0. The maximum absolute atomic E-state index is 13.4. The molecule has 1 amide bonds. The minimum atomic E-state index is -0.896. The predicted molar refractivity (Wildman–Crippen MR) is 82.7 cm³/mol. The van der Waals surface area contributed by atoms with Crippen LogP contribution in [0.2, 0.25) is 0 Å². The molecule has 3 rings (SSSR count). The van der Waals surface area contributed by atoms with Crippen LogP contribution < -0.4 is 5.32 Å². The van der Waals surface area contributed by atoms with Crippen molar-refractivity contribution >= 4 is 40.3 Å². The summed E-state index contributed by atoms with van der Waals surface area (Å²) in [6.45, 7) is -0.527. The number of carbonyl (C=O) groups is 2. The van der Waals surface area contributed by atoms with Crippen LogP contribution in [0.3, 0.4) is 0 Å². The van der Waals surface area contributed by atoms with E-state index in [-0.39, 0.29) is 5.56 Å². The monoisotopic (exact) mass is 331 g/mol. The van der Waals surface area contributed by atoms with Crippen LogP contribution in [0.15, 0.2) is 42.5 Å². The van der Waals surface area contributed by atoms with Gasteiger partial charge in [-0.25, -0.2) is 9.18 Å². The molecule has 1 N–H and O–H groups in total. The van der Waals surface area contributed by atoms with E-state index >= 15 is 0 Å². The van der Waals surface area contributed by atoms with Crippen LogP contribution in [0.5, 0.6) is 0 Å². The van der Waals surface area contributed by atoms with Crippen LogP contribution in [-0.2, 0) is 9.53 Å². The van der Waals surface area contributed by atoms with Gasteiger partial charge in [0, 0.05) is 0 Å². The Morgan fingerprint density at radius 3 is 2.78 bits per heavy atom. The zero-order chi connectivity index (χ0) is 16.2. The van der Waals surface area contributed by atoms with Crippen molar-refractivity contribution in [3.63, 3.8) is 0 Å². The number of anilines is 1. The highest BCUT2D eigenvalue weighted by Gasteiger charge is 2.15. The number of esters is 1. The lowest BCUT2D eigenvalue weighted by Crippen LogP contribution is -2.21. The molecule has 0 radical (unpaired) electrons. The summed E-state index contributed by atoms with van der Waals surface area (Å²) in [4.78, 5) is 23.6. The summed E-state index contributed by atoms with van der Waals surface area (Å²) in [6, 6.07) is 10.6. The van der Waals surface area contributed by atoms with E-state index in [1.807, 2.05) is 0 Å². The van der Waals surface area contributed by atoms with Crippen molar-refractivity contribution in [3.8, 4) is 0 Å². The molecule has 2 aromatic carbocycles. The molecule has 23 heavy (non-hydrogen) atoms. The van der Waals surface area contributed by atoms with Gasteiger partial charge in [-0.3, -0.25) is 4.79 Å². The highest BCUT2D eigenvalue weighted by molar-refractivity contribution is 7.00. The molecule has 1 aromatic heterocycles. The molecule has 0 aliphatic rings. The molecule has 8 heteroatoms. The molecule has 0 aliphatic heterocycles. The topological polar surface area (TPSA) is 81.2 Å². The third kappa shape index (κ3) is 3.32. The number of benzene rings is 2. The molecule has 0 fully saturated rings. The Bertz CT molecular complexity index is 881. The zero-order valence-corrected chi connectivity index (χ0v) is 12.5. The van der Waals surface area contributed by atoms with E-state index in [1.54, 1.807) is 18.2 Å². The van der Waals surface area contributed by atoms with Gasteiger partial charge in [-0.1, -0.05) is 18.2 Å². The van der Waals surface area contributed by atoms with E-state index < -0.39 is 24.3 Å². The lowest BCUT2D eigenvalue weighted by molar-refractivity contribution is -0.119. The number of nitrogens with one attached hydrogen (secondary N) is 1. The number of fused-ring (bicyclic) bond motifs is 1. The van der Waals surface area contributed by atoms with Crippen LogP contribution in [0.1, 0.15) is 10.4 Å². The molecule has 0 atom stereocenters. The second-order valence-corrected chi connectivity index (χ2v) is 5.07. The Kier molecular flexibility index (Phi) is 4.24. The normalized spacial score (nSPS) is 10.5. The summed E-state index contributed by atoms with van der Waals surface area (Å²) < 4.78 is 26.4. The molecule has 0 saturated heterocycles. The summed E-state index contributed by atoms with van der Waals surface area (Å²) in [7, 11) is 0. The van der Waals surface area contributed by atoms with Crippen molar-refractivity contribution in [2.45, 2.75) is 0 Å². The molecule has 3 aromatic rings. The fraction of sp³-hybridized carbons (Fsp3) is 0.0667. The van der Waals surface area contributed by atoms with Crippen molar-refractivity contribution in [2.75, 3.05) is 11.9 Å². The Morgan fingerprint density at radius 2 is 1.96 bits per heavy atom. The van der Waals surface area contributed by atoms with Gasteiger partial charge in [0.15, 0.2) is 6.61 Å². The smallest absolute Gasteiger partial charge is 0.341 e. The summed E-state index contributed by atoms with van der Waals surface area (Å²) >= 11 is 1.03. The van der Waals surface area contributed by atoms with Gasteiger partial charge in [0.05, 0.1) is 23.0 Å². The van der Waals surface area contributed by atoms with Gasteiger partial charge in [-0.2, -0.15) is 8.75 Å². The van der Waals surface area contributed by atoms with Gasteiger partial charge in [-0.05, 0) is 24.3 Å². The maximum atomic E-state index is 13.4. The van der Waals surface area contributed by atoms with E-state index in [1.165, 1.54) is 18.2 Å². The van der Waals surface area contributed by atoms with Crippen LogP contribution in [0.4, 0.5) is 10.1 Å². The summed E-state index contributed by atoms with van der Waals surface area (Å²) in [5, 5.41) is 2.59. The third-order valence-corrected chi connectivity index (χ3v) is 3.53. The molecule has 0 spiro atoms. The number of nitrogens with zero attached hydrogens (tertiary/aromatic N) is 2. The largest absolute Gasteiger partial charge is 0.452 e. The van der Waals surface area contributed by atoms with Crippen molar-refractivity contribution in [2.24, 2.45) is 0 Å². The van der Waals surface area contributed by atoms with E-state index in [0.717, 1.165) is 17.8 Å². The molecule has 0 aliphatic carbocycles. The molecule has 0 unspecified atom stereocenters. The number of amides is 1. The van der Waals surface area contributed by atoms with Crippen LogP contribution in [0.25, 0.3) is 11.0 Å². The fourth-order valence-electron chi connectivity index (χ4n) is 1.93. The van der Waals surface area contributed by atoms with Crippen molar-refractivity contribution in [3.05, 3.63) is 53.8 Å². The van der Waals surface area contributed by atoms with E-state index in [0.29, 0.717) is 16.7 Å². The predicted octanol–water partition coefficient (Wildman–Crippen LogP) is 2.63. The van der Waals surface area contributed by atoms with Crippen molar-refractivity contribution in [1.29, 1.82) is 0 Å². The third-order valence-electron chi connectivity index (χ3n) is 2.99. The number of ether oxygens (including phenoxy) is 1. The molecular formula is C15H10FN3O3S. The highest BCUT2D eigenvalue weighted by Crippen LogP contribution is 2.21. The van der Waals surface area contributed by atoms with Gasteiger partial charge >= 0.3 is 5.97 Å². The number of rotatable bonds is 4. The second kappa shape index (κ2) is 6.49. The van der Waals surface area contributed by atoms with Crippen molar-refractivity contribution in [1.82, 2.24) is 8.75 Å². The van der Waals surface area contributed by atoms with E-state index in [4.69, 9.17) is 4.74 Å². The average Bonchev–Trinajstić information content (AvgIpc) is 3.03. The Labute approximate surface area is 134 Å². The van der Waals surface area contributed by atoms with Crippen LogP contribution in [0, 0.1) is 5.82 Å². The van der Waals surface area contributed by atoms with Gasteiger partial charge in [0.25, 0.3) is 5.91 Å². The van der Waals surface area contributed by atoms with Crippen LogP contribution in [-0.4, -0.2) is 27.2 Å². The van der Waals surface area contributed by atoms with Crippen molar-refractivity contribution < 1.29 is 18.7 Å². The van der Waals surface area contributed by atoms with Crippen LogP contribution >= 0.6 is 11.7 Å². The van der Waals surface area contributed by atoms with Gasteiger partial charge in [-0.15, -0.1) is 0 Å². The highest BCUT2D eigenvalue weighted by atomic mass is 32.1. The SMILES string of the molecule is O=C(COC(=O)c1ccccc1F)Nc1cccc2nsnc12. The number of aromatic nitrogens is 2. The average molecular weight is 331 g/mol. The van der Waals surface area contributed by atoms with Gasteiger partial charge in [0.2, 0.25) is 0 Å². The Morgan fingerprint density at radius 1 is 1.13 bits per heavy atom. The lowest BCUT2D eigenvalue weighted by atomic mass is 10.2. The molecule has 6 nitrogen and oxygen atoms in total. The molecule has 1 heterocycles. The molecule has 0 saturated carbocycles. The zero-order valence-electron chi connectivity index (χ0n) is 11.7. The second-order valence-electron chi connectivity index (χ2n) is 4.54. The van der Waals surface area contributed by atoms with E-state index in [2.05, 4.69) is 14.1 Å². The summed E-state index contributed by atoms with van der Waals surface area (Å²) in [5.41, 5.74) is 1.48. The summed E-state index contributed by atoms with van der Waals surface area (Å²) in [5.74, 6) is -2.14. The molecular weight excluding hydrogens is 321 g/mol. The van der Waals surface area contributed by atoms with E-state index in [9.17, 15) is 14.0 Å². The first kappa shape index (κ1) is 15.0. The lowest BCUT2D eigenvalue weighted by Gasteiger charge is -2.07. The number of halogens is 1. The first-order valence-corrected chi connectivity index (χ1v) is 7.31. The minimum Gasteiger partial charge on any atom is -0.452 e. The first-order valence-electron chi connectivity index (χ1n) is 6.58. The number of hydrogen-bond acceptors (Lipinski definition) is 6. The number of carbonyl (C=O) groups excluding carboxylic acids is 2. The molecule has 116 valence electrons.